The Morgan fingerprint density at radius 3 is 2.79 bits per heavy atom. The van der Waals surface area contributed by atoms with Crippen LogP contribution in [0.15, 0.2) is 17.6 Å². The average molecular weight is 269 g/mol. The molecule has 5 heteroatoms. The van der Waals surface area contributed by atoms with E-state index in [0.29, 0.717) is 6.54 Å². The van der Waals surface area contributed by atoms with Gasteiger partial charge in [-0.05, 0) is 19.8 Å². The SMILES string of the molecule is C=CCCCN(C)C(=NCC(C)C(=O)OC)NCC. The Morgan fingerprint density at radius 2 is 2.26 bits per heavy atom. The van der Waals surface area contributed by atoms with E-state index in [9.17, 15) is 4.79 Å². The summed E-state index contributed by atoms with van der Waals surface area (Å²) in [5, 5.41) is 3.22. The van der Waals surface area contributed by atoms with Crippen molar-refractivity contribution < 1.29 is 9.53 Å². The quantitative estimate of drug-likeness (QED) is 0.239. The van der Waals surface area contributed by atoms with Gasteiger partial charge < -0.3 is 15.0 Å². The highest BCUT2D eigenvalue weighted by atomic mass is 16.5. The highest BCUT2D eigenvalue weighted by Gasteiger charge is 2.13. The molecule has 0 rings (SSSR count). The van der Waals surface area contributed by atoms with Crippen molar-refractivity contribution in [2.24, 2.45) is 10.9 Å². The second kappa shape index (κ2) is 10.4. The van der Waals surface area contributed by atoms with Crippen LogP contribution in [0.3, 0.4) is 0 Å². The number of carbonyl (C=O) groups excluding carboxylic acids is 1. The second-order valence-corrected chi connectivity index (χ2v) is 4.47. The van der Waals surface area contributed by atoms with E-state index in [1.165, 1.54) is 7.11 Å². The van der Waals surface area contributed by atoms with Crippen molar-refractivity contribution in [1.29, 1.82) is 0 Å². The molecule has 0 aromatic heterocycles. The van der Waals surface area contributed by atoms with Crippen molar-refractivity contribution in [3.05, 3.63) is 12.7 Å². The van der Waals surface area contributed by atoms with Gasteiger partial charge in [-0.25, -0.2) is 0 Å². The van der Waals surface area contributed by atoms with Gasteiger partial charge in [0, 0.05) is 20.1 Å². The Morgan fingerprint density at radius 1 is 1.58 bits per heavy atom. The molecule has 0 amide bonds. The van der Waals surface area contributed by atoms with Crippen LogP contribution in [0.25, 0.3) is 0 Å². The number of nitrogens with zero attached hydrogens (tertiary/aromatic N) is 2. The number of hydrogen-bond donors (Lipinski definition) is 1. The van der Waals surface area contributed by atoms with Gasteiger partial charge in [-0.15, -0.1) is 6.58 Å². The zero-order valence-electron chi connectivity index (χ0n) is 12.6. The van der Waals surface area contributed by atoms with E-state index < -0.39 is 0 Å². The average Bonchev–Trinajstić information content (AvgIpc) is 2.42. The first-order valence-corrected chi connectivity index (χ1v) is 6.74. The summed E-state index contributed by atoms with van der Waals surface area (Å²) in [5.74, 6) is 0.372. The first-order chi connectivity index (χ1) is 9.06. The minimum Gasteiger partial charge on any atom is -0.469 e. The van der Waals surface area contributed by atoms with E-state index in [1.54, 1.807) is 0 Å². The maximum absolute atomic E-state index is 11.3. The van der Waals surface area contributed by atoms with Crippen LogP contribution in [0.1, 0.15) is 26.7 Å². The monoisotopic (exact) mass is 269 g/mol. The van der Waals surface area contributed by atoms with E-state index in [1.807, 2.05) is 27.0 Å². The predicted octanol–water partition coefficient (Wildman–Crippen LogP) is 1.66. The highest BCUT2D eigenvalue weighted by Crippen LogP contribution is 2.00. The van der Waals surface area contributed by atoms with Crippen molar-refractivity contribution in [2.45, 2.75) is 26.7 Å². The van der Waals surface area contributed by atoms with Crippen LogP contribution in [-0.2, 0) is 9.53 Å². The molecule has 0 aromatic carbocycles. The lowest BCUT2D eigenvalue weighted by Gasteiger charge is -2.22. The summed E-state index contributed by atoms with van der Waals surface area (Å²) < 4.78 is 4.69. The molecule has 0 aliphatic carbocycles. The van der Waals surface area contributed by atoms with Crippen LogP contribution in [0, 0.1) is 5.92 Å². The Labute approximate surface area is 116 Å². The maximum atomic E-state index is 11.3. The van der Waals surface area contributed by atoms with Gasteiger partial charge in [0.25, 0.3) is 0 Å². The van der Waals surface area contributed by atoms with E-state index >= 15 is 0 Å². The van der Waals surface area contributed by atoms with Crippen LogP contribution in [0.4, 0.5) is 0 Å². The largest absolute Gasteiger partial charge is 0.469 e. The van der Waals surface area contributed by atoms with Gasteiger partial charge in [0.15, 0.2) is 5.96 Å². The first-order valence-electron chi connectivity index (χ1n) is 6.74. The summed E-state index contributed by atoms with van der Waals surface area (Å²) in [6.45, 7) is 9.69. The number of carbonyl (C=O) groups is 1. The Bertz CT molecular complexity index is 303. The summed E-state index contributed by atoms with van der Waals surface area (Å²) in [7, 11) is 3.39. The molecule has 110 valence electrons. The van der Waals surface area contributed by atoms with Crippen molar-refractivity contribution in [2.75, 3.05) is 33.8 Å². The number of nitrogens with one attached hydrogen (secondary N) is 1. The number of ether oxygens (including phenoxy) is 1. The van der Waals surface area contributed by atoms with Gasteiger partial charge in [-0.2, -0.15) is 0 Å². The number of aliphatic imine (C=N–C) groups is 1. The molecule has 1 unspecified atom stereocenters. The third-order valence-corrected chi connectivity index (χ3v) is 2.72. The lowest BCUT2D eigenvalue weighted by atomic mass is 10.2. The number of methoxy groups -OCH3 is 1. The van der Waals surface area contributed by atoms with E-state index in [2.05, 4.69) is 21.8 Å². The molecule has 0 saturated carbocycles. The topological polar surface area (TPSA) is 53.9 Å². The molecule has 19 heavy (non-hydrogen) atoms. The van der Waals surface area contributed by atoms with Crippen LogP contribution in [-0.4, -0.2) is 50.6 Å². The zero-order chi connectivity index (χ0) is 14.7. The Hall–Kier alpha value is -1.52. The number of allylic oxidation sites excluding steroid dienone is 1. The summed E-state index contributed by atoms with van der Waals surface area (Å²) >= 11 is 0. The summed E-state index contributed by atoms with van der Waals surface area (Å²) in [5.41, 5.74) is 0. The zero-order valence-corrected chi connectivity index (χ0v) is 12.6. The molecule has 0 spiro atoms. The van der Waals surface area contributed by atoms with Crippen molar-refractivity contribution in [1.82, 2.24) is 10.2 Å². The Balaban J connectivity index is 4.43. The number of guanidine groups is 1. The molecule has 5 nitrogen and oxygen atoms in total. The molecule has 0 saturated heterocycles. The normalized spacial score (nSPS) is 12.7. The fraction of sp³-hybridized carbons (Fsp3) is 0.714. The smallest absolute Gasteiger partial charge is 0.310 e. The lowest BCUT2D eigenvalue weighted by Crippen LogP contribution is -2.39. The number of unbranched alkanes of at least 4 members (excludes halogenated alkanes) is 1. The van der Waals surface area contributed by atoms with Gasteiger partial charge in [-0.3, -0.25) is 9.79 Å². The van der Waals surface area contributed by atoms with Crippen LogP contribution in [0.5, 0.6) is 0 Å². The van der Waals surface area contributed by atoms with Gasteiger partial charge in [0.1, 0.15) is 0 Å². The summed E-state index contributed by atoms with van der Waals surface area (Å²) in [4.78, 5) is 17.9. The third kappa shape index (κ3) is 7.49. The number of rotatable bonds is 8. The molecule has 0 aromatic rings. The standard InChI is InChI=1S/C14H27N3O2/c1-6-8-9-10-17(4)14(15-7-2)16-11-12(3)13(18)19-5/h6,12H,1,7-11H2,2-5H3,(H,15,16). The third-order valence-electron chi connectivity index (χ3n) is 2.72. The Kier molecular flexibility index (Phi) is 9.57. The van der Waals surface area contributed by atoms with E-state index in [-0.39, 0.29) is 11.9 Å². The fourth-order valence-electron chi connectivity index (χ4n) is 1.55. The number of esters is 1. The molecular weight excluding hydrogens is 242 g/mol. The predicted molar refractivity (Wildman–Crippen MR) is 79.2 cm³/mol. The van der Waals surface area contributed by atoms with Gasteiger partial charge in [-0.1, -0.05) is 13.0 Å². The molecule has 0 heterocycles. The molecule has 0 aliphatic heterocycles. The highest BCUT2D eigenvalue weighted by molar-refractivity contribution is 5.80. The van der Waals surface area contributed by atoms with Crippen molar-refractivity contribution in [3.8, 4) is 0 Å². The summed E-state index contributed by atoms with van der Waals surface area (Å²) in [6, 6.07) is 0. The van der Waals surface area contributed by atoms with E-state index in [0.717, 1.165) is 31.9 Å². The van der Waals surface area contributed by atoms with Crippen LogP contribution < -0.4 is 5.32 Å². The molecular formula is C14H27N3O2. The minimum atomic E-state index is -0.228. The van der Waals surface area contributed by atoms with Gasteiger partial charge in [0.2, 0.25) is 0 Å². The number of hydrogen-bond acceptors (Lipinski definition) is 3. The second-order valence-electron chi connectivity index (χ2n) is 4.47. The fourth-order valence-corrected chi connectivity index (χ4v) is 1.55. The van der Waals surface area contributed by atoms with Crippen LogP contribution >= 0.6 is 0 Å². The maximum Gasteiger partial charge on any atom is 0.310 e. The molecule has 1 atom stereocenters. The first kappa shape index (κ1) is 17.5. The minimum absolute atomic E-state index is 0.222. The molecule has 0 bridgehead atoms. The van der Waals surface area contributed by atoms with Gasteiger partial charge in [0.05, 0.1) is 19.6 Å². The lowest BCUT2D eigenvalue weighted by molar-refractivity contribution is -0.144. The summed E-state index contributed by atoms with van der Waals surface area (Å²) in [6.07, 6.45) is 3.94. The van der Waals surface area contributed by atoms with Crippen LogP contribution in [0.2, 0.25) is 0 Å². The van der Waals surface area contributed by atoms with Crippen molar-refractivity contribution >= 4 is 11.9 Å². The molecule has 0 radical (unpaired) electrons. The van der Waals surface area contributed by atoms with Crippen molar-refractivity contribution in [3.63, 3.8) is 0 Å². The molecule has 0 fully saturated rings. The molecule has 0 aliphatic rings. The van der Waals surface area contributed by atoms with Gasteiger partial charge >= 0.3 is 5.97 Å². The molecule has 1 N–H and O–H groups in total. The van der Waals surface area contributed by atoms with E-state index in [4.69, 9.17) is 4.74 Å².